The number of hydrogen-bond acceptors (Lipinski definition) is 3. The summed E-state index contributed by atoms with van der Waals surface area (Å²) in [6, 6.07) is 11.0. The zero-order chi connectivity index (χ0) is 13.8. The van der Waals surface area contributed by atoms with Crippen LogP contribution in [0.25, 0.3) is 0 Å². The van der Waals surface area contributed by atoms with Gasteiger partial charge in [-0.2, -0.15) is 0 Å². The van der Waals surface area contributed by atoms with Crippen LogP contribution in [-0.4, -0.2) is 13.2 Å². The van der Waals surface area contributed by atoms with Gasteiger partial charge in [0.05, 0.1) is 0 Å². The van der Waals surface area contributed by atoms with Crippen molar-refractivity contribution in [2.75, 3.05) is 13.2 Å². The van der Waals surface area contributed by atoms with Gasteiger partial charge < -0.3 is 10.1 Å². The highest BCUT2D eigenvalue weighted by Crippen LogP contribution is 2.32. The van der Waals surface area contributed by atoms with Crippen LogP contribution in [0.15, 0.2) is 35.7 Å². The van der Waals surface area contributed by atoms with Gasteiger partial charge in [0.25, 0.3) is 0 Å². The SMILES string of the molecule is Cc1cccc(OCCNC2CCCc3sccc32)c1. The molecule has 20 heavy (non-hydrogen) atoms. The maximum atomic E-state index is 5.79. The van der Waals surface area contributed by atoms with E-state index in [0.717, 1.165) is 18.9 Å². The minimum absolute atomic E-state index is 0.520. The molecule has 0 bridgehead atoms. The number of hydrogen-bond donors (Lipinski definition) is 1. The molecule has 1 N–H and O–H groups in total. The fourth-order valence-electron chi connectivity index (χ4n) is 2.81. The summed E-state index contributed by atoms with van der Waals surface area (Å²) >= 11 is 1.90. The average molecular weight is 287 g/mol. The molecule has 0 amide bonds. The third-order valence-corrected chi connectivity index (χ3v) is 4.80. The lowest BCUT2D eigenvalue weighted by Crippen LogP contribution is -2.28. The Morgan fingerprint density at radius 1 is 1.35 bits per heavy atom. The molecule has 3 rings (SSSR count). The summed E-state index contributed by atoms with van der Waals surface area (Å²) < 4.78 is 5.79. The molecule has 2 nitrogen and oxygen atoms in total. The second kappa shape index (κ2) is 6.42. The lowest BCUT2D eigenvalue weighted by Gasteiger charge is -2.23. The van der Waals surface area contributed by atoms with Gasteiger partial charge in [-0.05, 0) is 60.9 Å². The Labute approximate surface area is 124 Å². The van der Waals surface area contributed by atoms with Gasteiger partial charge in [0, 0.05) is 17.5 Å². The molecule has 1 aliphatic carbocycles. The number of aryl methyl sites for hydroxylation is 2. The van der Waals surface area contributed by atoms with E-state index in [-0.39, 0.29) is 0 Å². The van der Waals surface area contributed by atoms with Crippen molar-refractivity contribution in [1.82, 2.24) is 5.32 Å². The van der Waals surface area contributed by atoms with E-state index < -0.39 is 0 Å². The van der Waals surface area contributed by atoms with Crippen LogP contribution >= 0.6 is 11.3 Å². The van der Waals surface area contributed by atoms with E-state index in [0.29, 0.717) is 6.04 Å². The van der Waals surface area contributed by atoms with Gasteiger partial charge in [0.15, 0.2) is 0 Å². The third-order valence-electron chi connectivity index (χ3n) is 3.80. The van der Waals surface area contributed by atoms with Crippen LogP contribution in [0.4, 0.5) is 0 Å². The highest BCUT2D eigenvalue weighted by atomic mass is 32.1. The number of fused-ring (bicyclic) bond motifs is 1. The number of rotatable bonds is 5. The van der Waals surface area contributed by atoms with Crippen molar-refractivity contribution in [3.05, 3.63) is 51.7 Å². The van der Waals surface area contributed by atoms with Crippen LogP contribution in [0.3, 0.4) is 0 Å². The van der Waals surface area contributed by atoms with Crippen molar-refractivity contribution in [1.29, 1.82) is 0 Å². The third kappa shape index (κ3) is 3.22. The summed E-state index contributed by atoms with van der Waals surface area (Å²) in [6.45, 7) is 3.71. The second-order valence-electron chi connectivity index (χ2n) is 5.36. The summed E-state index contributed by atoms with van der Waals surface area (Å²) in [5.74, 6) is 0.965. The van der Waals surface area contributed by atoms with Gasteiger partial charge in [-0.15, -0.1) is 11.3 Å². The monoisotopic (exact) mass is 287 g/mol. The number of benzene rings is 1. The minimum atomic E-state index is 0.520. The molecule has 1 aromatic heterocycles. The van der Waals surface area contributed by atoms with Crippen LogP contribution in [0.5, 0.6) is 5.75 Å². The highest BCUT2D eigenvalue weighted by Gasteiger charge is 2.20. The van der Waals surface area contributed by atoms with Crippen molar-refractivity contribution < 1.29 is 4.74 Å². The molecule has 0 radical (unpaired) electrons. The van der Waals surface area contributed by atoms with Crippen molar-refractivity contribution in [3.63, 3.8) is 0 Å². The van der Waals surface area contributed by atoms with Gasteiger partial charge in [-0.3, -0.25) is 0 Å². The standard InChI is InChI=1S/C17H21NOS/c1-13-4-2-5-14(12-13)19-10-9-18-16-6-3-7-17-15(16)8-11-20-17/h2,4-5,8,11-12,16,18H,3,6-7,9-10H2,1H3. The van der Waals surface area contributed by atoms with Gasteiger partial charge in [0.2, 0.25) is 0 Å². The summed E-state index contributed by atoms with van der Waals surface area (Å²) in [7, 11) is 0. The summed E-state index contributed by atoms with van der Waals surface area (Å²) in [4.78, 5) is 1.56. The fourth-order valence-corrected chi connectivity index (χ4v) is 3.79. The largest absolute Gasteiger partial charge is 0.492 e. The van der Waals surface area contributed by atoms with Crippen molar-refractivity contribution in [3.8, 4) is 5.75 Å². The van der Waals surface area contributed by atoms with E-state index in [1.54, 1.807) is 4.88 Å². The number of ether oxygens (including phenoxy) is 1. The van der Waals surface area contributed by atoms with Gasteiger partial charge in [0.1, 0.15) is 12.4 Å². The second-order valence-corrected chi connectivity index (χ2v) is 6.36. The first kappa shape index (κ1) is 13.7. The Kier molecular flexibility index (Phi) is 4.38. The molecule has 106 valence electrons. The maximum Gasteiger partial charge on any atom is 0.119 e. The molecule has 1 heterocycles. The van der Waals surface area contributed by atoms with E-state index in [2.05, 4.69) is 35.8 Å². The Bertz CT molecular complexity index is 564. The Balaban J connectivity index is 1.47. The average Bonchev–Trinajstić information content (AvgIpc) is 2.93. The first-order chi connectivity index (χ1) is 9.83. The maximum absolute atomic E-state index is 5.79. The molecule has 1 aromatic carbocycles. The molecular formula is C17H21NOS. The first-order valence-electron chi connectivity index (χ1n) is 7.32. The Morgan fingerprint density at radius 3 is 3.20 bits per heavy atom. The van der Waals surface area contributed by atoms with Crippen molar-refractivity contribution >= 4 is 11.3 Å². The lowest BCUT2D eigenvalue weighted by molar-refractivity contribution is 0.301. The van der Waals surface area contributed by atoms with Crippen LogP contribution in [0.1, 0.15) is 34.9 Å². The minimum Gasteiger partial charge on any atom is -0.492 e. The van der Waals surface area contributed by atoms with E-state index in [4.69, 9.17) is 4.74 Å². The Hall–Kier alpha value is -1.32. The van der Waals surface area contributed by atoms with E-state index in [9.17, 15) is 0 Å². The molecule has 0 fully saturated rings. The van der Waals surface area contributed by atoms with Crippen LogP contribution in [0.2, 0.25) is 0 Å². The van der Waals surface area contributed by atoms with Gasteiger partial charge in [-0.25, -0.2) is 0 Å². The molecule has 0 aliphatic heterocycles. The molecule has 0 spiro atoms. The van der Waals surface area contributed by atoms with Crippen LogP contribution < -0.4 is 10.1 Å². The van der Waals surface area contributed by atoms with Crippen molar-refractivity contribution in [2.45, 2.75) is 32.2 Å². The fraction of sp³-hybridized carbons (Fsp3) is 0.412. The number of nitrogens with one attached hydrogen (secondary N) is 1. The van der Waals surface area contributed by atoms with Gasteiger partial charge in [-0.1, -0.05) is 12.1 Å². The molecule has 2 aromatic rings. The predicted molar refractivity (Wildman–Crippen MR) is 84.7 cm³/mol. The Morgan fingerprint density at radius 2 is 2.30 bits per heavy atom. The molecule has 3 heteroatoms. The lowest BCUT2D eigenvalue weighted by atomic mass is 9.94. The van der Waals surface area contributed by atoms with E-state index in [1.165, 1.54) is 30.4 Å². The topological polar surface area (TPSA) is 21.3 Å². The zero-order valence-electron chi connectivity index (χ0n) is 11.9. The van der Waals surface area contributed by atoms with E-state index >= 15 is 0 Å². The summed E-state index contributed by atoms with van der Waals surface area (Å²) in [6.07, 6.45) is 3.79. The molecular weight excluding hydrogens is 266 g/mol. The molecule has 1 atom stereocenters. The zero-order valence-corrected chi connectivity index (χ0v) is 12.7. The van der Waals surface area contributed by atoms with Crippen LogP contribution in [0, 0.1) is 6.92 Å². The first-order valence-corrected chi connectivity index (χ1v) is 8.20. The highest BCUT2D eigenvalue weighted by molar-refractivity contribution is 7.10. The van der Waals surface area contributed by atoms with E-state index in [1.807, 2.05) is 23.5 Å². The van der Waals surface area contributed by atoms with Crippen molar-refractivity contribution in [2.24, 2.45) is 0 Å². The quantitative estimate of drug-likeness (QED) is 0.836. The summed E-state index contributed by atoms with van der Waals surface area (Å²) in [5.41, 5.74) is 2.75. The van der Waals surface area contributed by atoms with Gasteiger partial charge >= 0.3 is 0 Å². The normalized spacial score (nSPS) is 17.8. The number of thiophene rings is 1. The molecule has 1 unspecified atom stereocenters. The molecule has 1 aliphatic rings. The van der Waals surface area contributed by atoms with Crippen LogP contribution in [-0.2, 0) is 6.42 Å². The summed E-state index contributed by atoms with van der Waals surface area (Å²) in [5, 5.41) is 5.85. The smallest absolute Gasteiger partial charge is 0.119 e. The predicted octanol–water partition coefficient (Wildman–Crippen LogP) is 4.10. The molecule has 0 saturated carbocycles. The molecule has 0 saturated heterocycles.